The molecule has 0 radical (unpaired) electrons. The van der Waals surface area contributed by atoms with Gasteiger partial charge in [0.1, 0.15) is 5.82 Å². The lowest BCUT2D eigenvalue weighted by molar-refractivity contribution is 0.0977. The molecule has 0 spiro atoms. The highest BCUT2D eigenvalue weighted by Crippen LogP contribution is 2.51. The van der Waals surface area contributed by atoms with Gasteiger partial charge in [-0.3, -0.25) is 14.8 Å². The fourth-order valence-electron chi connectivity index (χ4n) is 4.65. The van der Waals surface area contributed by atoms with E-state index in [4.69, 9.17) is 4.99 Å². The Kier molecular flexibility index (Phi) is 5.53. The third kappa shape index (κ3) is 3.94. The molecule has 1 saturated carbocycles. The minimum absolute atomic E-state index is 0.140. The Morgan fingerprint density at radius 2 is 1.94 bits per heavy atom. The molecule has 1 aliphatic heterocycles. The Hall–Kier alpha value is -3.03. The fraction of sp³-hybridized carbons (Fsp3) is 0.240. The first-order valence-electron chi connectivity index (χ1n) is 10.5. The molecule has 3 unspecified atom stereocenters. The van der Waals surface area contributed by atoms with Crippen LogP contribution in [0.15, 0.2) is 78.0 Å². The molecule has 0 saturated heterocycles. The van der Waals surface area contributed by atoms with Gasteiger partial charge in [0, 0.05) is 35.4 Å². The molecule has 32 heavy (non-hydrogen) atoms. The van der Waals surface area contributed by atoms with Crippen LogP contribution >= 0.6 is 11.8 Å². The second kappa shape index (κ2) is 8.48. The lowest BCUT2D eigenvalue weighted by atomic mass is 9.80. The Morgan fingerprint density at radius 1 is 1.09 bits per heavy atom. The maximum Gasteiger partial charge on any atom is 0.257 e. The molecule has 1 aromatic heterocycles. The van der Waals surface area contributed by atoms with Crippen LogP contribution in [0.4, 0.5) is 4.39 Å². The lowest BCUT2D eigenvalue weighted by Crippen LogP contribution is -2.40. The molecule has 162 valence electrons. The Bertz CT molecular complexity index is 1190. The van der Waals surface area contributed by atoms with E-state index in [2.05, 4.69) is 10.3 Å². The number of aliphatic imine (C=N–C) groups is 1. The van der Waals surface area contributed by atoms with Crippen LogP contribution in [0.25, 0.3) is 11.1 Å². The summed E-state index contributed by atoms with van der Waals surface area (Å²) in [6, 6.07) is 18.3. The maximum absolute atomic E-state index is 13.7. The number of nitrogens with zero attached hydrogens (tertiary/aromatic N) is 2. The van der Waals surface area contributed by atoms with E-state index in [1.807, 2.05) is 42.5 Å². The van der Waals surface area contributed by atoms with Crippen LogP contribution in [-0.4, -0.2) is 33.0 Å². The number of rotatable bonds is 3. The predicted molar refractivity (Wildman–Crippen MR) is 124 cm³/mol. The largest absolute Gasteiger partial charge is 0.393 e. The molecule has 1 aliphatic carbocycles. The number of benzene rings is 2. The first-order valence-corrected chi connectivity index (χ1v) is 11.5. The normalized spacial score (nSPS) is 24.5. The van der Waals surface area contributed by atoms with Gasteiger partial charge in [0.2, 0.25) is 0 Å². The van der Waals surface area contributed by atoms with Crippen LogP contribution < -0.4 is 5.32 Å². The van der Waals surface area contributed by atoms with Gasteiger partial charge in [-0.25, -0.2) is 4.39 Å². The molecule has 7 heteroatoms. The second-order valence-electron chi connectivity index (χ2n) is 8.24. The molecule has 2 aliphatic rings. The van der Waals surface area contributed by atoms with Crippen molar-refractivity contribution in [1.29, 1.82) is 0 Å². The summed E-state index contributed by atoms with van der Waals surface area (Å²) in [7, 11) is 0. The molecule has 2 aromatic carbocycles. The Morgan fingerprint density at radius 3 is 2.75 bits per heavy atom. The lowest BCUT2D eigenvalue weighted by Gasteiger charge is -2.36. The number of pyridine rings is 1. The van der Waals surface area contributed by atoms with E-state index in [-0.39, 0.29) is 11.8 Å². The first-order chi connectivity index (χ1) is 15.5. The van der Waals surface area contributed by atoms with Crippen molar-refractivity contribution in [2.45, 2.75) is 24.5 Å². The van der Waals surface area contributed by atoms with Gasteiger partial charge in [-0.05, 0) is 41.8 Å². The number of amides is 1. The van der Waals surface area contributed by atoms with Gasteiger partial charge in [0.05, 0.1) is 17.8 Å². The van der Waals surface area contributed by atoms with Crippen molar-refractivity contribution in [3.63, 3.8) is 0 Å². The number of carbonyl (C=O) groups is 1. The molecule has 5 nitrogen and oxygen atoms in total. The summed E-state index contributed by atoms with van der Waals surface area (Å²) in [5, 5.41) is 14.0. The third-order valence-corrected chi connectivity index (χ3v) is 7.19. The van der Waals surface area contributed by atoms with Crippen molar-refractivity contribution in [3.05, 3.63) is 90.0 Å². The fourth-order valence-corrected chi connectivity index (χ4v) is 5.81. The summed E-state index contributed by atoms with van der Waals surface area (Å²) in [6.45, 7) is 0. The number of amidine groups is 1. The summed E-state index contributed by atoms with van der Waals surface area (Å²) < 4.78 is 13.7. The number of thioether (sulfide) groups is 1. The number of hydrogen-bond donors (Lipinski definition) is 2. The molecule has 1 fully saturated rings. The third-order valence-electron chi connectivity index (χ3n) is 6.16. The molecule has 5 rings (SSSR count). The van der Waals surface area contributed by atoms with E-state index in [1.54, 1.807) is 18.3 Å². The summed E-state index contributed by atoms with van der Waals surface area (Å²) >= 11 is 1.51. The van der Waals surface area contributed by atoms with Crippen molar-refractivity contribution in [2.75, 3.05) is 5.75 Å². The monoisotopic (exact) mass is 447 g/mol. The quantitative estimate of drug-likeness (QED) is 0.625. The SMILES string of the molecule is O=C(NC1=NC2(c3cccc(-c4cncc(F)c4)c3)CC(O)CC2CS1)c1ccccc1. The zero-order chi connectivity index (χ0) is 22.1. The highest BCUT2D eigenvalue weighted by molar-refractivity contribution is 8.13. The molecule has 3 aromatic rings. The number of halogens is 1. The Balaban J connectivity index is 1.52. The number of aliphatic hydroxyl groups excluding tert-OH is 1. The van der Waals surface area contributed by atoms with E-state index >= 15 is 0 Å². The van der Waals surface area contributed by atoms with E-state index in [0.29, 0.717) is 29.1 Å². The molecule has 2 N–H and O–H groups in total. The molecule has 3 atom stereocenters. The molecular formula is C25H22FN3O2S. The number of nitrogens with one attached hydrogen (secondary N) is 1. The number of aliphatic hydroxyl groups is 1. The highest BCUT2D eigenvalue weighted by atomic mass is 32.2. The van der Waals surface area contributed by atoms with E-state index in [9.17, 15) is 14.3 Å². The standard InChI is InChI=1S/C25H22FN3O2S/c26-21-10-18(13-27-14-21)17-7-4-8-19(9-17)25-12-22(30)11-20(25)15-32-24(29-25)28-23(31)16-5-2-1-3-6-16/h1-10,13-14,20,22,30H,11-12,15H2,(H,28,29,31). The predicted octanol–water partition coefficient (Wildman–Crippen LogP) is 4.39. The van der Waals surface area contributed by atoms with Crippen LogP contribution in [-0.2, 0) is 5.54 Å². The van der Waals surface area contributed by atoms with E-state index < -0.39 is 17.5 Å². The Labute approximate surface area is 189 Å². The van der Waals surface area contributed by atoms with Crippen LogP contribution in [0, 0.1) is 11.7 Å². The minimum atomic E-state index is -0.638. The topological polar surface area (TPSA) is 74.6 Å². The van der Waals surface area contributed by atoms with Crippen LogP contribution in [0.3, 0.4) is 0 Å². The first kappa shape index (κ1) is 20.8. The maximum atomic E-state index is 13.7. The van der Waals surface area contributed by atoms with Crippen LogP contribution in [0.2, 0.25) is 0 Å². The highest BCUT2D eigenvalue weighted by Gasteiger charge is 2.50. The number of hydrogen-bond acceptors (Lipinski definition) is 5. The summed E-state index contributed by atoms with van der Waals surface area (Å²) in [4.78, 5) is 21.7. The van der Waals surface area contributed by atoms with Crippen LogP contribution in [0.1, 0.15) is 28.8 Å². The molecule has 2 heterocycles. The van der Waals surface area contributed by atoms with Gasteiger partial charge < -0.3 is 10.4 Å². The van der Waals surface area contributed by atoms with Crippen molar-refractivity contribution in [2.24, 2.45) is 10.9 Å². The van der Waals surface area contributed by atoms with Crippen LogP contribution in [0.5, 0.6) is 0 Å². The van der Waals surface area contributed by atoms with E-state index in [0.717, 1.165) is 16.9 Å². The van der Waals surface area contributed by atoms with Gasteiger partial charge in [-0.2, -0.15) is 0 Å². The average Bonchev–Trinajstić information content (AvgIpc) is 3.16. The number of carbonyl (C=O) groups excluding carboxylic acids is 1. The zero-order valence-corrected chi connectivity index (χ0v) is 18.1. The molecule has 1 amide bonds. The van der Waals surface area contributed by atoms with Crippen molar-refractivity contribution in [1.82, 2.24) is 10.3 Å². The van der Waals surface area contributed by atoms with Gasteiger partial charge in [0.15, 0.2) is 5.17 Å². The summed E-state index contributed by atoms with van der Waals surface area (Å²) in [5.74, 6) is 0.291. The van der Waals surface area contributed by atoms with Gasteiger partial charge in [-0.15, -0.1) is 0 Å². The van der Waals surface area contributed by atoms with Crippen molar-refractivity contribution in [3.8, 4) is 11.1 Å². The van der Waals surface area contributed by atoms with Gasteiger partial charge in [0.25, 0.3) is 5.91 Å². The van der Waals surface area contributed by atoms with Crippen molar-refractivity contribution < 1.29 is 14.3 Å². The van der Waals surface area contributed by atoms with Gasteiger partial charge >= 0.3 is 0 Å². The smallest absolute Gasteiger partial charge is 0.257 e. The summed E-state index contributed by atoms with van der Waals surface area (Å²) in [6.07, 6.45) is 3.48. The van der Waals surface area contributed by atoms with Crippen molar-refractivity contribution >= 4 is 22.8 Å². The minimum Gasteiger partial charge on any atom is -0.393 e. The van der Waals surface area contributed by atoms with Gasteiger partial charge in [-0.1, -0.05) is 48.2 Å². The zero-order valence-electron chi connectivity index (χ0n) is 17.2. The number of fused-ring (bicyclic) bond motifs is 1. The average molecular weight is 448 g/mol. The second-order valence-corrected chi connectivity index (χ2v) is 9.24. The molecule has 0 bridgehead atoms. The summed E-state index contributed by atoms with van der Waals surface area (Å²) in [5.41, 5.74) is 2.41. The molecular weight excluding hydrogens is 425 g/mol. The van der Waals surface area contributed by atoms with E-state index in [1.165, 1.54) is 24.0 Å². The number of aromatic nitrogens is 1.